The highest BCUT2D eigenvalue weighted by Crippen LogP contribution is 2.31. The van der Waals surface area contributed by atoms with E-state index in [1.165, 1.54) is 18.5 Å². The molecule has 0 bridgehead atoms. The first-order valence-electron chi connectivity index (χ1n) is 9.65. The van der Waals surface area contributed by atoms with Crippen LogP contribution in [-0.2, 0) is 4.74 Å². The van der Waals surface area contributed by atoms with Gasteiger partial charge in [-0.1, -0.05) is 6.07 Å². The van der Waals surface area contributed by atoms with Crippen molar-refractivity contribution in [2.75, 3.05) is 0 Å². The summed E-state index contributed by atoms with van der Waals surface area (Å²) in [6, 6.07) is 4.24. The molecule has 0 aliphatic carbocycles. The van der Waals surface area contributed by atoms with E-state index in [0.717, 1.165) is 5.56 Å². The standard InChI is InChI=1S/C23H25FN2O4/c1-12-9-15(14(3)26-22(28)30-23(4,5)6)21-16(10-12)19(27)13(2)20(29-21)17-11-25-8-7-18(17)24/h7-11,14H,1-6H3,(H,26,28)/t14-/m1/s1. The Labute approximate surface area is 174 Å². The summed E-state index contributed by atoms with van der Waals surface area (Å²) in [5, 5.41) is 3.14. The van der Waals surface area contributed by atoms with Gasteiger partial charge >= 0.3 is 6.09 Å². The Morgan fingerprint density at radius 3 is 2.60 bits per heavy atom. The SMILES string of the molecule is Cc1cc([C@@H](C)NC(=O)OC(C)(C)C)c2oc(-c3cnccc3F)c(C)c(=O)c2c1. The van der Waals surface area contributed by atoms with E-state index in [0.29, 0.717) is 16.5 Å². The predicted molar refractivity (Wildman–Crippen MR) is 113 cm³/mol. The van der Waals surface area contributed by atoms with Gasteiger partial charge in [0.15, 0.2) is 5.43 Å². The number of halogens is 1. The van der Waals surface area contributed by atoms with E-state index in [2.05, 4.69) is 10.3 Å². The van der Waals surface area contributed by atoms with E-state index in [4.69, 9.17) is 9.15 Å². The molecule has 30 heavy (non-hydrogen) atoms. The average molecular weight is 412 g/mol. The molecule has 6 nitrogen and oxygen atoms in total. The van der Waals surface area contributed by atoms with Crippen LogP contribution in [0.2, 0.25) is 0 Å². The molecule has 158 valence electrons. The summed E-state index contributed by atoms with van der Waals surface area (Å²) in [5.41, 5.74) is 1.21. The van der Waals surface area contributed by atoms with Crippen LogP contribution in [0.15, 0.2) is 39.8 Å². The Hall–Kier alpha value is -3.22. The van der Waals surface area contributed by atoms with Crippen LogP contribution in [0.4, 0.5) is 9.18 Å². The van der Waals surface area contributed by atoms with Gasteiger partial charge in [-0.2, -0.15) is 0 Å². The van der Waals surface area contributed by atoms with Crippen molar-refractivity contribution in [3.8, 4) is 11.3 Å². The van der Waals surface area contributed by atoms with Gasteiger partial charge < -0.3 is 14.5 Å². The Bertz CT molecular complexity index is 1180. The van der Waals surface area contributed by atoms with Crippen molar-refractivity contribution >= 4 is 17.1 Å². The highest BCUT2D eigenvalue weighted by atomic mass is 19.1. The maximum atomic E-state index is 14.4. The van der Waals surface area contributed by atoms with Crippen molar-refractivity contribution in [1.82, 2.24) is 10.3 Å². The van der Waals surface area contributed by atoms with Gasteiger partial charge in [0.05, 0.1) is 17.0 Å². The van der Waals surface area contributed by atoms with Crippen LogP contribution in [0.25, 0.3) is 22.3 Å². The Morgan fingerprint density at radius 1 is 1.27 bits per heavy atom. The van der Waals surface area contributed by atoms with Crippen molar-refractivity contribution in [3.05, 3.63) is 63.3 Å². The van der Waals surface area contributed by atoms with E-state index in [1.807, 2.05) is 13.0 Å². The smallest absolute Gasteiger partial charge is 0.408 e. The van der Waals surface area contributed by atoms with Crippen LogP contribution in [0.3, 0.4) is 0 Å². The highest BCUT2D eigenvalue weighted by Gasteiger charge is 2.23. The zero-order valence-electron chi connectivity index (χ0n) is 17.9. The molecule has 0 fully saturated rings. The van der Waals surface area contributed by atoms with Crippen LogP contribution < -0.4 is 10.7 Å². The number of aromatic nitrogens is 1. The number of pyridine rings is 1. The summed E-state index contributed by atoms with van der Waals surface area (Å²) in [4.78, 5) is 29.2. The number of carbonyl (C=O) groups is 1. The number of hydrogen-bond acceptors (Lipinski definition) is 5. The zero-order chi connectivity index (χ0) is 22.2. The van der Waals surface area contributed by atoms with Gasteiger partial charge in [0.1, 0.15) is 22.8 Å². The summed E-state index contributed by atoms with van der Waals surface area (Å²) in [6.07, 6.45) is 2.06. The highest BCUT2D eigenvalue weighted by molar-refractivity contribution is 5.84. The maximum absolute atomic E-state index is 14.4. The molecular formula is C23H25FN2O4. The fraction of sp³-hybridized carbons (Fsp3) is 0.348. The third-order valence-corrected chi connectivity index (χ3v) is 4.60. The second kappa shape index (κ2) is 7.89. The van der Waals surface area contributed by atoms with Gasteiger partial charge in [-0.25, -0.2) is 9.18 Å². The minimum Gasteiger partial charge on any atom is -0.455 e. The molecule has 0 saturated heterocycles. The van der Waals surface area contributed by atoms with Gasteiger partial charge in [-0.15, -0.1) is 0 Å². The minimum atomic E-state index is -0.646. The summed E-state index contributed by atoms with van der Waals surface area (Å²) in [5.74, 6) is -0.420. The van der Waals surface area contributed by atoms with Gasteiger partial charge in [0.25, 0.3) is 0 Å². The quantitative estimate of drug-likeness (QED) is 0.640. The van der Waals surface area contributed by atoms with Crippen molar-refractivity contribution in [2.24, 2.45) is 0 Å². The third-order valence-electron chi connectivity index (χ3n) is 4.60. The molecule has 7 heteroatoms. The van der Waals surface area contributed by atoms with E-state index in [9.17, 15) is 14.0 Å². The summed E-state index contributed by atoms with van der Waals surface area (Å²) < 4.78 is 25.7. The van der Waals surface area contributed by atoms with Crippen LogP contribution >= 0.6 is 0 Å². The van der Waals surface area contributed by atoms with E-state index >= 15 is 0 Å². The number of ether oxygens (including phenoxy) is 1. The molecule has 3 rings (SSSR count). The van der Waals surface area contributed by atoms with Crippen LogP contribution in [0, 0.1) is 19.7 Å². The molecule has 0 radical (unpaired) electrons. The van der Waals surface area contributed by atoms with E-state index in [1.54, 1.807) is 40.7 Å². The van der Waals surface area contributed by atoms with Crippen molar-refractivity contribution in [3.63, 3.8) is 0 Å². The van der Waals surface area contributed by atoms with Crippen molar-refractivity contribution in [2.45, 2.75) is 53.2 Å². The third kappa shape index (κ3) is 4.35. The Balaban J connectivity index is 2.17. The lowest BCUT2D eigenvalue weighted by Gasteiger charge is -2.22. The molecule has 1 atom stereocenters. The van der Waals surface area contributed by atoms with Crippen LogP contribution in [0.1, 0.15) is 50.4 Å². The number of hydrogen-bond donors (Lipinski definition) is 1. The number of amides is 1. The maximum Gasteiger partial charge on any atom is 0.408 e. The van der Waals surface area contributed by atoms with E-state index < -0.39 is 23.6 Å². The van der Waals surface area contributed by atoms with Gasteiger partial charge in [-0.05, 0) is 59.2 Å². The van der Waals surface area contributed by atoms with Gasteiger partial charge in [-0.3, -0.25) is 9.78 Å². The summed E-state index contributed by atoms with van der Waals surface area (Å²) >= 11 is 0. The Kier molecular flexibility index (Phi) is 5.65. The molecule has 1 N–H and O–H groups in total. The summed E-state index contributed by atoms with van der Waals surface area (Å²) in [7, 11) is 0. The van der Waals surface area contributed by atoms with Crippen molar-refractivity contribution < 1.29 is 18.3 Å². The number of carbonyl (C=O) groups excluding carboxylic acids is 1. The monoisotopic (exact) mass is 412 g/mol. The number of benzene rings is 1. The second-order valence-electron chi connectivity index (χ2n) is 8.34. The minimum absolute atomic E-state index is 0.105. The zero-order valence-corrected chi connectivity index (χ0v) is 17.9. The van der Waals surface area contributed by atoms with Crippen LogP contribution in [0.5, 0.6) is 0 Å². The van der Waals surface area contributed by atoms with Crippen molar-refractivity contribution in [1.29, 1.82) is 0 Å². The molecule has 0 aliphatic rings. The van der Waals surface area contributed by atoms with Gasteiger partial charge in [0, 0.05) is 23.5 Å². The topological polar surface area (TPSA) is 81.4 Å². The number of alkyl carbamates (subject to hydrolysis) is 1. The Morgan fingerprint density at radius 2 is 1.97 bits per heavy atom. The number of nitrogens with one attached hydrogen (secondary N) is 1. The molecule has 2 heterocycles. The predicted octanol–water partition coefficient (Wildman–Crippen LogP) is 5.20. The second-order valence-corrected chi connectivity index (χ2v) is 8.34. The lowest BCUT2D eigenvalue weighted by molar-refractivity contribution is 0.0508. The molecule has 0 spiro atoms. The van der Waals surface area contributed by atoms with Crippen LogP contribution in [-0.4, -0.2) is 16.7 Å². The number of fused-ring (bicyclic) bond motifs is 1. The number of nitrogens with zero attached hydrogens (tertiary/aromatic N) is 1. The normalized spacial score (nSPS) is 12.6. The lowest BCUT2D eigenvalue weighted by Crippen LogP contribution is -2.34. The molecule has 1 amide bonds. The lowest BCUT2D eigenvalue weighted by atomic mass is 9.99. The molecule has 2 aromatic heterocycles. The van der Waals surface area contributed by atoms with E-state index in [-0.39, 0.29) is 22.3 Å². The first-order valence-corrected chi connectivity index (χ1v) is 9.65. The first kappa shape index (κ1) is 21.5. The molecular weight excluding hydrogens is 387 g/mol. The fourth-order valence-corrected chi connectivity index (χ4v) is 3.25. The molecule has 0 saturated carbocycles. The summed E-state index contributed by atoms with van der Waals surface area (Å²) in [6.45, 7) is 10.5. The molecule has 3 aromatic rings. The largest absolute Gasteiger partial charge is 0.455 e. The first-order chi connectivity index (χ1) is 14.0. The number of aryl methyl sites for hydroxylation is 1. The van der Waals surface area contributed by atoms with Gasteiger partial charge in [0.2, 0.25) is 0 Å². The molecule has 0 aliphatic heterocycles. The average Bonchev–Trinajstić information content (AvgIpc) is 2.63. The molecule has 0 unspecified atom stereocenters. The fourth-order valence-electron chi connectivity index (χ4n) is 3.25. The number of rotatable bonds is 3. The molecule has 1 aromatic carbocycles.